The molecule has 9 nitrogen and oxygen atoms in total. The zero-order valence-electron chi connectivity index (χ0n) is 23.1. The standard InChI is InChI=1S/C29H39N3O6/c1-18-9-10-30-26(11-18)31-13-21(14-31)37-24-12-20(7-8-23(24)35-6)22-15-32(17-29(22,5)19(2)33)27(34)25-16-36-28(3,4)38-25/h7-12,19,21-22,25,33H,13-17H2,1-6H3/t19-,22+,25+,29+/m1/s1. The number of benzene rings is 1. The van der Waals surface area contributed by atoms with E-state index in [1.807, 2.05) is 51.2 Å². The fourth-order valence-corrected chi connectivity index (χ4v) is 5.68. The highest BCUT2D eigenvalue weighted by Crippen LogP contribution is 2.47. The Morgan fingerprint density at radius 2 is 1.92 bits per heavy atom. The SMILES string of the molecule is COc1ccc([C@@H]2CN(C(=O)[C@@H]3COC(C)(C)O3)C[C@@]2(C)[C@@H](C)O)cc1OC1CN(c2cc(C)ccn2)C1. The normalized spacial score (nSPS) is 27.8. The van der Waals surface area contributed by atoms with E-state index in [2.05, 4.69) is 22.9 Å². The van der Waals surface area contributed by atoms with Gasteiger partial charge in [0.25, 0.3) is 5.91 Å². The number of hydrogen-bond acceptors (Lipinski definition) is 8. The van der Waals surface area contributed by atoms with Crippen LogP contribution < -0.4 is 14.4 Å². The van der Waals surface area contributed by atoms with Crippen molar-refractivity contribution in [2.75, 3.05) is 44.8 Å². The number of aliphatic hydroxyl groups excluding tert-OH is 1. The summed E-state index contributed by atoms with van der Waals surface area (Å²) in [7, 11) is 1.63. The molecule has 3 aliphatic rings. The summed E-state index contributed by atoms with van der Waals surface area (Å²) in [5.74, 6) is 1.30. The Hall–Kier alpha value is -2.88. The molecule has 0 unspecified atom stereocenters. The van der Waals surface area contributed by atoms with E-state index >= 15 is 0 Å². The van der Waals surface area contributed by atoms with Gasteiger partial charge in [-0.1, -0.05) is 13.0 Å². The maximum absolute atomic E-state index is 13.3. The molecule has 4 atom stereocenters. The van der Waals surface area contributed by atoms with Crippen LogP contribution in [0.1, 0.15) is 44.7 Å². The summed E-state index contributed by atoms with van der Waals surface area (Å²) in [6.07, 6.45) is 0.568. The number of aryl methyl sites for hydroxylation is 1. The molecule has 206 valence electrons. The van der Waals surface area contributed by atoms with Crippen molar-refractivity contribution >= 4 is 11.7 Å². The number of carbonyl (C=O) groups is 1. The van der Waals surface area contributed by atoms with Gasteiger partial charge in [-0.3, -0.25) is 4.79 Å². The lowest BCUT2D eigenvalue weighted by molar-refractivity contribution is -0.159. The van der Waals surface area contributed by atoms with Crippen molar-refractivity contribution in [1.29, 1.82) is 0 Å². The number of rotatable bonds is 7. The van der Waals surface area contributed by atoms with Crippen molar-refractivity contribution in [2.45, 2.75) is 64.6 Å². The van der Waals surface area contributed by atoms with Gasteiger partial charge in [0, 0.05) is 30.6 Å². The quantitative estimate of drug-likeness (QED) is 0.590. The molecule has 0 spiro atoms. The number of methoxy groups -OCH3 is 1. The number of anilines is 1. The largest absolute Gasteiger partial charge is 0.493 e. The van der Waals surface area contributed by atoms with Crippen LogP contribution in [0, 0.1) is 12.3 Å². The molecule has 0 bridgehead atoms. The number of aliphatic hydroxyl groups is 1. The summed E-state index contributed by atoms with van der Waals surface area (Å²) in [6, 6.07) is 9.98. The Labute approximate surface area is 224 Å². The summed E-state index contributed by atoms with van der Waals surface area (Å²) in [4.78, 5) is 21.8. The predicted molar refractivity (Wildman–Crippen MR) is 143 cm³/mol. The molecule has 1 amide bonds. The van der Waals surface area contributed by atoms with Gasteiger partial charge in [0.1, 0.15) is 11.9 Å². The topological polar surface area (TPSA) is 93.6 Å². The number of likely N-dealkylation sites (tertiary alicyclic amines) is 1. The van der Waals surface area contributed by atoms with E-state index in [0.29, 0.717) is 24.6 Å². The van der Waals surface area contributed by atoms with Crippen LogP contribution in [0.2, 0.25) is 0 Å². The highest BCUT2D eigenvalue weighted by Gasteiger charge is 2.50. The van der Waals surface area contributed by atoms with E-state index in [0.717, 1.165) is 24.5 Å². The fourth-order valence-electron chi connectivity index (χ4n) is 5.68. The summed E-state index contributed by atoms with van der Waals surface area (Å²) >= 11 is 0. The Bertz CT molecular complexity index is 1180. The van der Waals surface area contributed by atoms with E-state index in [1.54, 1.807) is 18.9 Å². The van der Waals surface area contributed by atoms with Gasteiger partial charge in [-0.15, -0.1) is 0 Å². The summed E-state index contributed by atoms with van der Waals surface area (Å²) < 4.78 is 23.5. The average Bonchev–Trinajstić information content (AvgIpc) is 3.40. The minimum Gasteiger partial charge on any atom is -0.493 e. The smallest absolute Gasteiger partial charge is 0.254 e. The third kappa shape index (κ3) is 5.07. The van der Waals surface area contributed by atoms with Crippen LogP contribution in [-0.4, -0.2) is 84.9 Å². The molecule has 0 aliphatic carbocycles. The van der Waals surface area contributed by atoms with Crippen LogP contribution in [-0.2, 0) is 14.3 Å². The molecular formula is C29H39N3O6. The van der Waals surface area contributed by atoms with Crippen molar-refractivity contribution in [1.82, 2.24) is 9.88 Å². The maximum Gasteiger partial charge on any atom is 0.254 e. The molecule has 2 aromatic rings. The first-order valence-corrected chi connectivity index (χ1v) is 13.3. The zero-order chi connectivity index (χ0) is 27.2. The molecule has 3 aliphatic heterocycles. The highest BCUT2D eigenvalue weighted by molar-refractivity contribution is 5.82. The minimum absolute atomic E-state index is 0.00846. The lowest BCUT2D eigenvalue weighted by Gasteiger charge is -2.40. The van der Waals surface area contributed by atoms with Crippen molar-refractivity contribution in [3.05, 3.63) is 47.7 Å². The Kier molecular flexibility index (Phi) is 7.04. The molecule has 1 N–H and O–H groups in total. The highest BCUT2D eigenvalue weighted by atomic mass is 16.7. The maximum atomic E-state index is 13.3. The van der Waals surface area contributed by atoms with Crippen molar-refractivity contribution < 1.29 is 28.8 Å². The predicted octanol–water partition coefficient (Wildman–Crippen LogP) is 3.13. The Balaban J connectivity index is 1.33. The van der Waals surface area contributed by atoms with Gasteiger partial charge in [-0.25, -0.2) is 4.98 Å². The van der Waals surface area contributed by atoms with Gasteiger partial charge >= 0.3 is 0 Å². The van der Waals surface area contributed by atoms with Gasteiger partial charge < -0.3 is 33.9 Å². The van der Waals surface area contributed by atoms with E-state index in [-0.39, 0.29) is 24.5 Å². The molecule has 0 radical (unpaired) electrons. The van der Waals surface area contributed by atoms with Crippen molar-refractivity contribution in [3.8, 4) is 11.5 Å². The van der Waals surface area contributed by atoms with Gasteiger partial charge in [-0.05, 0) is 63.1 Å². The molecular weight excluding hydrogens is 486 g/mol. The first-order chi connectivity index (χ1) is 18.0. The third-order valence-corrected chi connectivity index (χ3v) is 8.24. The number of ether oxygens (including phenoxy) is 4. The fraction of sp³-hybridized carbons (Fsp3) is 0.586. The van der Waals surface area contributed by atoms with Crippen LogP contribution in [0.25, 0.3) is 0 Å². The van der Waals surface area contributed by atoms with Crippen LogP contribution >= 0.6 is 0 Å². The summed E-state index contributed by atoms with van der Waals surface area (Å²) in [5.41, 5.74) is 1.63. The molecule has 5 rings (SSSR count). The average molecular weight is 526 g/mol. The number of carbonyl (C=O) groups excluding carboxylic acids is 1. The van der Waals surface area contributed by atoms with Crippen LogP contribution in [0.4, 0.5) is 5.82 Å². The monoisotopic (exact) mass is 525 g/mol. The summed E-state index contributed by atoms with van der Waals surface area (Å²) in [6.45, 7) is 12.1. The number of hydrogen-bond donors (Lipinski definition) is 1. The number of aromatic nitrogens is 1. The lowest BCUT2D eigenvalue weighted by atomic mass is 9.72. The molecule has 1 aromatic heterocycles. The second-order valence-corrected chi connectivity index (χ2v) is 11.5. The molecule has 3 saturated heterocycles. The minimum atomic E-state index is -0.776. The molecule has 0 saturated carbocycles. The molecule has 38 heavy (non-hydrogen) atoms. The second kappa shape index (κ2) is 10.0. The van der Waals surface area contributed by atoms with E-state index in [9.17, 15) is 9.90 Å². The molecule has 1 aromatic carbocycles. The van der Waals surface area contributed by atoms with Gasteiger partial charge in [-0.2, -0.15) is 0 Å². The van der Waals surface area contributed by atoms with Gasteiger partial charge in [0.15, 0.2) is 23.4 Å². The van der Waals surface area contributed by atoms with Crippen LogP contribution in [0.5, 0.6) is 11.5 Å². The van der Waals surface area contributed by atoms with Crippen LogP contribution in [0.15, 0.2) is 36.5 Å². The summed E-state index contributed by atoms with van der Waals surface area (Å²) in [5, 5.41) is 10.8. The van der Waals surface area contributed by atoms with E-state index in [1.165, 1.54) is 5.56 Å². The zero-order valence-corrected chi connectivity index (χ0v) is 23.1. The molecule has 4 heterocycles. The van der Waals surface area contributed by atoms with Crippen molar-refractivity contribution in [2.24, 2.45) is 5.41 Å². The number of pyridine rings is 1. The number of nitrogens with zero attached hydrogens (tertiary/aromatic N) is 3. The lowest BCUT2D eigenvalue weighted by Crippen LogP contribution is -2.54. The van der Waals surface area contributed by atoms with Gasteiger partial charge in [0.05, 0.1) is 32.9 Å². The Morgan fingerprint density at radius 3 is 2.55 bits per heavy atom. The van der Waals surface area contributed by atoms with E-state index in [4.69, 9.17) is 18.9 Å². The van der Waals surface area contributed by atoms with E-state index < -0.39 is 23.4 Å². The second-order valence-electron chi connectivity index (χ2n) is 11.5. The van der Waals surface area contributed by atoms with Crippen molar-refractivity contribution in [3.63, 3.8) is 0 Å². The molecule has 3 fully saturated rings. The first kappa shape index (κ1) is 26.7. The van der Waals surface area contributed by atoms with Gasteiger partial charge in [0.2, 0.25) is 0 Å². The first-order valence-electron chi connectivity index (χ1n) is 13.3. The third-order valence-electron chi connectivity index (χ3n) is 8.24. The Morgan fingerprint density at radius 1 is 1.16 bits per heavy atom. The molecule has 9 heteroatoms. The number of amides is 1. The van der Waals surface area contributed by atoms with Crippen LogP contribution in [0.3, 0.4) is 0 Å².